The lowest BCUT2D eigenvalue weighted by molar-refractivity contribution is 0.0916. The summed E-state index contributed by atoms with van der Waals surface area (Å²) in [5, 5.41) is 3.11. The lowest BCUT2D eigenvalue weighted by atomic mass is 10.0. The van der Waals surface area contributed by atoms with Crippen LogP contribution in [0, 0.1) is 6.92 Å². The predicted octanol–water partition coefficient (Wildman–Crippen LogP) is 1.41. The number of ether oxygens (including phenoxy) is 1. The van der Waals surface area contributed by atoms with Crippen LogP contribution in [0.5, 0.6) is 5.75 Å². The lowest BCUT2D eigenvalue weighted by Gasteiger charge is -2.29. The summed E-state index contributed by atoms with van der Waals surface area (Å²) < 4.78 is 5.18. The first-order valence-electron chi connectivity index (χ1n) is 6.94. The van der Waals surface area contributed by atoms with Gasteiger partial charge in [-0.05, 0) is 57.6 Å². The number of nitrogens with two attached hydrogens (primary N) is 1. The van der Waals surface area contributed by atoms with Crippen LogP contribution in [0.15, 0.2) is 12.1 Å². The summed E-state index contributed by atoms with van der Waals surface area (Å²) in [7, 11) is 3.66. The number of likely N-dealkylation sites (tertiary alicyclic amines) is 1. The summed E-state index contributed by atoms with van der Waals surface area (Å²) in [6.45, 7) is 3.93. The average molecular weight is 277 g/mol. The number of carbonyl (C=O) groups excluding carboxylic acids is 1. The van der Waals surface area contributed by atoms with Crippen LogP contribution in [0.1, 0.15) is 28.8 Å². The molecule has 0 radical (unpaired) electrons. The van der Waals surface area contributed by atoms with E-state index in [1.807, 2.05) is 6.92 Å². The number of amides is 1. The molecular formula is C15H23N3O2. The van der Waals surface area contributed by atoms with Gasteiger partial charge in [-0.1, -0.05) is 0 Å². The number of nitrogen functional groups attached to an aromatic ring is 1. The minimum atomic E-state index is -0.0460. The number of anilines is 1. The largest absolute Gasteiger partial charge is 0.495 e. The zero-order valence-corrected chi connectivity index (χ0v) is 12.4. The number of methoxy groups -OCH3 is 1. The number of rotatable bonds is 3. The molecule has 0 saturated carbocycles. The number of hydrogen-bond donors (Lipinski definition) is 2. The minimum absolute atomic E-state index is 0.0460. The van der Waals surface area contributed by atoms with Crippen molar-refractivity contribution in [1.29, 1.82) is 0 Å². The standard InChI is InChI=1S/C15H23N3O2/c1-10-8-13(16)14(20-3)9-12(10)15(19)17-11-4-6-18(2)7-5-11/h8-9,11H,4-7,16H2,1-3H3,(H,17,19). The topological polar surface area (TPSA) is 67.6 Å². The smallest absolute Gasteiger partial charge is 0.251 e. The van der Waals surface area contributed by atoms with Gasteiger partial charge in [-0.25, -0.2) is 0 Å². The van der Waals surface area contributed by atoms with E-state index >= 15 is 0 Å². The maximum Gasteiger partial charge on any atom is 0.251 e. The second kappa shape index (κ2) is 6.13. The molecular weight excluding hydrogens is 254 g/mol. The molecule has 1 aliphatic heterocycles. The van der Waals surface area contributed by atoms with E-state index < -0.39 is 0 Å². The van der Waals surface area contributed by atoms with E-state index in [1.165, 1.54) is 0 Å². The van der Waals surface area contributed by atoms with E-state index in [0.29, 0.717) is 17.0 Å². The number of nitrogens with zero attached hydrogens (tertiary/aromatic N) is 1. The van der Waals surface area contributed by atoms with Crippen molar-refractivity contribution in [2.75, 3.05) is 33.0 Å². The first kappa shape index (κ1) is 14.7. The fraction of sp³-hybridized carbons (Fsp3) is 0.533. The molecule has 1 fully saturated rings. The van der Waals surface area contributed by atoms with Gasteiger partial charge < -0.3 is 20.7 Å². The van der Waals surface area contributed by atoms with Crippen LogP contribution in [-0.4, -0.2) is 44.1 Å². The first-order chi connectivity index (χ1) is 9.51. The van der Waals surface area contributed by atoms with Crippen molar-refractivity contribution in [1.82, 2.24) is 10.2 Å². The maximum absolute atomic E-state index is 12.4. The second-order valence-electron chi connectivity index (χ2n) is 5.46. The normalized spacial score (nSPS) is 16.9. The van der Waals surface area contributed by atoms with E-state index in [0.717, 1.165) is 31.5 Å². The molecule has 20 heavy (non-hydrogen) atoms. The molecule has 2 rings (SSSR count). The van der Waals surface area contributed by atoms with Crippen LogP contribution in [0.25, 0.3) is 0 Å². The Kier molecular flexibility index (Phi) is 4.49. The maximum atomic E-state index is 12.4. The van der Waals surface area contributed by atoms with Crippen molar-refractivity contribution in [3.63, 3.8) is 0 Å². The number of benzene rings is 1. The predicted molar refractivity (Wildman–Crippen MR) is 80.1 cm³/mol. The Balaban J connectivity index is 2.09. The zero-order chi connectivity index (χ0) is 14.7. The van der Waals surface area contributed by atoms with Gasteiger partial charge in [0, 0.05) is 11.6 Å². The highest BCUT2D eigenvalue weighted by Crippen LogP contribution is 2.25. The van der Waals surface area contributed by atoms with E-state index in [2.05, 4.69) is 17.3 Å². The van der Waals surface area contributed by atoms with Gasteiger partial charge in [-0.15, -0.1) is 0 Å². The number of nitrogens with one attached hydrogen (secondary N) is 1. The van der Waals surface area contributed by atoms with Gasteiger partial charge in [0.25, 0.3) is 5.91 Å². The number of aryl methyl sites for hydroxylation is 1. The molecule has 5 heteroatoms. The van der Waals surface area contributed by atoms with Crippen molar-refractivity contribution in [3.8, 4) is 5.75 Å². The molecule has 1 aliphatic rings. The average Bonchev–Trinajstić information content (AvgIpc) is 2.41. The summed E-state index contributed by atoms with van der Waals surface area (Å²) in [6, 6.07) is 3.75. The van der Waals surface area contributed by atoms with Gasteiger partial charge in [0.15, 0.2) is 0 Å². The molecule has 0 aliphatic carbocycles. The molecule has 110 valence electrons. The zero-order valence-electron chi connectivity index (χ0n) is 12.4. The third-order valence-electron chi connectivity index (χ3n) is 3.88. The number of hydrogen-bond acceptors (Lipinski definition) is 4. The Bertz CT molecular complexity index is 494. The highest BCUT2D eigenvalue weighted by Gasteiger charge is 2.20. The molecule has 1 aromatic carbocycles. The summed E-state index contributed by atoms with van der Waals surface area (Å²) >= 11 is 0. The Labute approximate surface area is 120 Å². The third kappa shape index (κ3) is 3.22. The van der Waals surface area contributed by atoms with Gasteiger partial charge in [0.05, 0.1) is 12.8 Å². The summed E-state index contributed by atoms with van der Waals surface area (Å²) in [6.07, 6.45) is 1.99. The van der Waals surface area contributed by atoms with Gasteiger partial charge in [-0.2, -0.15) is 0 Å². The highest BCUT2D eigenvalue weighted by molar-refractivity contribution is 5.97. The summed E-state index contributed by atoms with van der Waals surface area (Å²) in [5.41, 5.74) is 7.90. The Morgan fingerprint density at radius 2 is 2.05 bits per heavy atom. The Morgan fingerprint density at radius 3 is 2.65 bits per heavy atom. The molecule has 1 saturated heterocycles. The lowest BCUT2D eigenvalue weighted by Crippen LogP contribution is -2.43. The summed E-state index contributed by atoms with van der Waals surface area (Å²) in [4.78, 5) is 14.7. The number of carbonyl (C=O) groups is 1. The van der Waals surface area contributed by atoms with Gasteiger partial charge in [-0.3, -0.25) is 4.79 Å². The molecule has 1 aromatic rings. The van der Waals surface area contributed by atoms with E-state index in [9.17, 15) is 4.79 Å². The van der Waals surface area contributed by atoms with Crippen molar-refractivity contribution in [3.05, 3.63) is 23.3 Å². The molecule has 3 N–H and O–H groups in total. The second-order valence-corrected chi connectivity index (χ2v) is 5.46. The van der Waals surface area contributed by atoms with Gasteiger partial charge >= 0.3 is 0 Å². The van der Waals surface area contributed by atoms with E-state index in [4.69, 9.17) is 10.5 Å². The number of piperidine rings is 1. The quantitative estimate of drug-likeness (QED) is 0.820. The van der Waals surface area contributed by atoms with Crippen LogP contribution < -0.4 is 15.8 Å². The van der Waals surface area contributed by atoms with Gasteiger partial charge in [0.1, 0.15) is 5.75 Å². The molecule has 1 amide bonds. The monoisotopic (exact) mass is 277 g/mol. The molecule has 0 spiro atoms. The van der Waals surface area contributed by atoms with Crippen molar-refractivity contribution in [2.45, 2.75) is 25.8 Å². The van der Waals surface area contributed by atoms with Crippen LogP contribution in [-0.2, 0) is 0 Å². The fourth-order valence-electron chi connectivity index (χ4n) is 2.55. The Hall–Kier alpha value is -1.75. The van der Waals surface area contributed by atoms with Gasteiger partial charge in [0.2, 0.25) is 0 Å². The van der Waals surface area contributed by atoms with Crippen LogP contribution in [0.3, 0.4) is 0 Å². The van der Waals surface area contributed by atoms with Crippen molar-refractivity contribution in [2.24, 2.45) is 0 Å². The molecule has 0 atom stereocenters. The molecule has 0 aromatic heterocycles. The fourth-order valence-corrected chi connectivity index (χ4v) is 2.55. The van der Waals surface area contributed by atoms with Crippen molar-refractivity contribution < 1.29 is 9.53 Å². The highest BCUT2D eigenvalue weighted by atomic mass is 16.5. The van der Waals surface area contributed by atoms with E-state index in [1.54, 1.807) is 19.2 Å². The molecule has 5 nitrogen and oxygen atoms in total. The molecule has 0 unspecified atom stereocenters. The van der Waals surface area contributed by atoms with Crippen LogP contribution in [0.4, 0.5) is 5.69 Å². The SMILES string of the molecule is COc1cc(C(=O)NC2CCN(C)CC2)c(C)cc1N. The van der Waals surface area contributed by atoms with Crippen LogP contribution in [0.2, 0.25) is 0 Å². The molecule has 1 heterocycles. The summed E-state index contributed by atoms with van der Waals surface area (Å²) in [5.74, 6) is 0.500. The van der Waals surface area contributed by atoms with Crippen LogP contribution >= 0.6 is 0 Å². The van der Waals surface area contributed by atoms with E-state index in [-0.39, 0.29) is 11.9 Å². The van der Waals surface area contributed by atoms with Crippen molar-refractivity contribution >= 4 is 11.6 Å². The molecule has 0 bridgehead atoms. The third-order valence-corrected chi connectivity index (χ3v) is 3.88. The Morgan fingerprint density at radius 1 is 1.40 bits per heavy atom. The minimum Gasteiger partial charge on any atom is -0.495 e. The first-order valence-corrected chi connectivity index (χ1v) is 6.94.